The molecule has 0 saturated heterocycles. The first-order chi connectivity index (χ1) is 20.4. The molecule has 42 heavy (non-hydrogen) atoms. The van der Waals surface area contributed by atoms with Gasteiger partial charge in [-0.1, -0.05) is 98.7 Å². The molecular weight excluding hydrogens is 661 g/mol. The van der Waals surface area contributed by atoms with Crippen LogP contribution in [0.1, 0.15) is 22.3 Å². The van der Waals surface area contributed by atoms with E-state index in [0.29, 0.717) is 0 Å². The van der Waals surface area contributed by atoms with Gasteiger partial charge in [-0.05, 0) is 22.3 Å². The van der Waals surface area contributed by atoms with Crippen LogP contribution in [-0.2, 0) is 34.2 Å². The predicted octanol–water partition coefficient (Wildman–Crippen LogP) is 12.2. The molecule has 0 spiro atoms. The zero-order chi connectivity index (χ0) is 30.5. The first-order valence-electron chi connectivity index (χ1n) is 13.6. The van der Waals surface area contributed by atoms with E-state index in [2.05, 4.69) is 87.6 Å². The molecule has 0 aliphatic carbocycles. The number of benzene rings is 4. The molecule has 0 atom stereocenters. The van der Waals surface area contributed by atoms with E-state index >= 15 is 0 Å². The van der Waals surface area contributed by atoms with Crippen molar-refractivity contribution >= 4 is 48.1 Å². The Hall–Kier alpha value is -2.36. The van der Waals surface area contributed by atoms with Gasteiger partial charge in [-0.15, -0.1) is 69.1 Å². The Morgan fingerprint density at radius 1 is 0.619 bits per heavy atom. The van der Waals surface area contributed by atoms with Gasteiger partial charge in [0, 0.05) is 9.52 Å². The number of rotatable bonds is 4. The number of halogens is 4. The summed E-state index contributed by atoms with van der Waals surface area (Å²) in [5.74, 6) is 0. The fourth-order valence-corrected chi connectivity index (χ4v) is 4.82. The molecule has 0 heterocycles. The summed E-state index contributed by atoms with van der Waals surface area (Å²) in [6, 6.07) is 36.8. The molecule has 0 fully saturated rings. The van der Waals surface area contributed by atoms with Crippen LogP contribution >= 0.6 is 17.0 Å². The third kappa shape index (κ3) is 9.32. The summed E-state index contributed by atoms with van der Waals surface area (Å²) in [5, 5.41) is 5.06. The Kier molecular flexibility index (Phi) is 14.4. The van der Waals surface area contributed by atoms with E-state index in [0.717, 1.165) is 31.8 Å². The fourth-order valence-electron chi connectivity index (χ4n) is 4.82. The average molecular weight is 695 g/mol. The first-order valence-corrected chi connectivity index (χ1v) is 21.9. The average Bonchev–Trinajstić information content (AvgIpc) is 3.59. The van der Waals surface area contributed by atoms with Crippen molar-refractivity contribution in [1.29, 1.82) is 0 Å². The van der Waals surface area contributed by atoms with E-state index in [1.54, 1.807) is 0 Å². The molecule has 0 aliphatic rings. The Balaban J connectivity index is 0.000000195. The number of alkyl halides is 2. The molecule has 0 aliphatic heterocycles. The van der Waals surface area contributed by atoms with E-state index in [1.165, 1.54) is 43.8 Å². The molecule has 6 aromatic rings. The van der Waals surface area contributed by atoms with E-state index in [-0.39, 0.29) is 0 Å². The van der Waals surface area contributed by atoms with Gasteiger partial charge in [-0.2, -0.15) is 12.1 Å². The second-order valence-corrected chi connectivity index (χ2v) is 14.6. The summed E-state index contributed by atoms with van der Waals surface area (Å²) in [6.45, 7) is 7.71. The minimum absolute atomic E-state index is 0.403. The Morgan fingerprint density at radius 3 is 1.26 bits per heavy atom. The standard InChI is InChI=1S/2C17H14F.C2H6Si.2ClH.Zr/c2*1-12-9-15-3-2-4-16(17(15)10-12)14-7-5-13(11-18)6-8-14;1-3-2;;;/h2*2-10H,11H2,1H3;1-2H3;2*1H;/q2*-1;;;;+4/p-2. The molecule has 6 rings (SSSR count). The quantitative estimate of drug-likeness (QED) is 0.127. The van der Waals surface area contributed by atoms with Gasteiger partial charge < -0.3 is 0 Å². The van der Waals surface area contributed by atoms with Crippen LogP contribution in [0.15, 0.2) is 109 Å². The van der Waals surface area contributed by atoms with Crippen LogP contribution in [0.5, 0.6) is 0 Å². The van der Waals surface area contributed by atoms with Crippen LogP contribution in [0.25, 0.3) is 43.8 Å². The van der Waals surface area contributed by atoms with Crippen LogP contribution in [0, 0.1) is 13.8 Å². The zero-order valence-electron chi connectivity index (χ0n) is 24.3. The Morgan fingerprint density at radius 2 is 0.952 bits per heavy atom. The molecular formula is C36H34Cl2F2SiZr. The Bertz CT molecular complexity index is 1530. The topological polar surface area (TPSA) is 0 Å². The van der Waals surface area contributed by atoms with Gasteiger partial charge in [0.05, 0.1) is 0 Å². The minimum atomic E-state index is -0.826. The van der Waals surface area contributed by atoms with Crippen molar-refractivity contribution in [1.82, 2.24) is 0 Å². The van der Waals surface area contributed by atoms with Gasteiger partial charge in [-0.25, -0.2) is 8.78 Å². The van der Waals surface area contributed by atoms with Crippen LogP contribution in [0.2, 0.25) is 13.1 Å². The van der Waals surface area contributed by atoms with E-state index in [1.807, 2.05) is 48.5 Å². The van der Waals surface area contributed by atoms with Gasteiger partial charge >= 0.3 is 37.9 Å². The third-order valence-electron chi connectivity index (χ3n) is 6.63. The molecule has 0 amide bonds. The summed E-state index contributed by atoms with van der Waals surface area (Å²) in [7, 11) is 11.0. The van der Waals surface area contributed by atoms with Gasteiger partial charge in [0.2, 0.25) is 0 Å². The molecule has 0 N–H and O–H groups in total. The number of aryl methyl sites for hydroxylation is 2. The van der Waals surface area contributed by atoms with Crippen molar-refractivity contribution in [3.63, 3.8) is 0 Å². The molecule has 6 aromatic carbocycles. The summed E-state index contributed by atoms with van der Waals surface area (Å²) >= 11 is -0.826. The van der Waals surface area contributed by atoms with Crippen molar-refractivity contribution in [2.75, 3.05) is 0 Å². The molecule has 0 unspecified atom stereocenters. The van der Waals surface area contributed by atoms with Crippen LogP contribution in [-0.4, -0.2) is 9.52 Å². The third-order valence-corrected chi connectivity index (χ3v) is 6.63. The second kappa shape index (κ2) is 17.7. The SMILES string of the molecule is C[Si]C.Cc1cc2c(-c3ccc(CF)cc3)cccc2[cH-]1.Cc1cc2c(-c3ccc(CF)cc3)cccc2[cH-]1.[Cl][Zr+2][Cl]. The summed E-state index contributed by atoms with van der Waals surface area (Å²) in [6.07, 6.45) is 0. The number of fused-ring (bicyclic) bond motifs is 2. The van der Waals surface area contributed by atoms with Crippen LogP contribution in [0.4, 0.5) is 8.78 Å². The predicted molar refractivity (Wildman–Crippen MR) is 178 cm³/mol. The molecule has 214 valence electrons. The Labute approximate surface area is 269 Å². The monoisotopic (exact) mass is 692 g/mol. The van der Waals surface area contributed by atoms with Gasteiger partial charge in [0.25, 0.3) is 0 Å². The normalized spacial score (nSPS) is 10.1. The van der Waals surface area contributed by atoms with Crippen LogP contribution in [0.3, 0.4) is 0 Å². The second-order valence-electron chi connectivity index (χ2n) is 9.91. The fraction of sp³-hybridized carbons (Fsp3) is 0.167. The summed E-state index contributed by atoms with van der Waals surface area (Å²) < 4.78 is 25.0. The van der Waals surface area contributed by atoms with Crippen molar-refractivity contribution < 1.29 is 29.6 Å². The van der Waals surface area contributed by atoms with E-state index in [9.17, 15) is 8.78 Å². The van der Waals surface area contributed by atoms with Crippen LogP contribution < -0.4 is 0 Å². The molecule has 0 aromatic heterocycles. The van der Waals surface area contributed by atoms with E-state index in [4.69, 9.17) is 17.0 Å². The van der Waals surface area contributed by atoms with E-state index < -0.39 is 34.2 Å². The summed E-state index contributed by atoms with van der Waals surface area (Å²) in [4.78, 5) is 0. The maximum atomic E-state index is 12.5. The maximum absolute atomic E-state index is 12.5. The molecule has 0 nitrogen and oxygen atoms in total. The van der Waals surface area contributed by atoms with Gasteiger partial charge in [0.1, 0.15) is 13.3 Å². The first kappa shape index (κ1) is 34.1. The molecule has 0 saturated carbocycles. The zero-order valence-corrected chi connectivity index (χ0v) is 29.3. The van der Waals surface area contributed by atoms with Crippen molar-refractivity contribution in [2.24, 2.45) is 0 Å². The van der Waals surface area contributed by atoms with Gasteiger partial charge in [0.15, 0.2) is 0 Å². The van der Waals surface area contributed by atoms with Crippen molar-refractivity contribution in [3.05, 3.63) is 131 Å². The molecule has 0 bridgehead atoms. The van der Waals surface area contributed by atoms with Crippen molar-refractivity contribution in [2.45, 2.75) is 40.3 Å². The number of hydrogen-bond acceptors (Lipinski definition) is 0. The van der Waals surface area contributed by atoms with Gasteiger partial charge in [-0.3, -0.25) is 0 Å². The molecule has 2 radical (unpaired) electrons. The van der Waals surface area contributed by atoms with Crippen molar-refractivity contribution in [3.8, 4) is 22.3 Å². The molecule has 6 heteroatoms. The number of hydrogen-bond donors (Lipinski definition) is 0. The summed E-state index contributed by atoms with van der Waals surface area (Å²) in [5.41, 5.74) is 8.72.